The number of hydrogen-bond donors (Lipinski definition) is 0. The van der Waals surface area contributed by atoms with Crippen molar-refractivity contribution >= 4 is 27.5 Å². The Morgan fingerprint density at radius 2 is 1.48 bits per heavy atom. The van der Waals surface area contributed by atoms with E-state index in [1.807, 2.05) is 67.6 Å². The molecule has 2 aromatic carbocycles. The van der Waals surface area contributed by atoms with Gasteiger partial charge in [-0.15, -0.1) is 0 Å². The van der Waals surface area contributed by atoms with Crippen LogP contribution in [0.25, 0.3) is 15.2 Å². The van der Waals surface area contributed by atoms with E-state index in [1.54, 1.807) is 62.3 Å². The van der Waals surface area contributed by atoms with E-state index in [9.17, 15) is 14.4 Å². The van der Waals surface area contributed by atoms with Gasteiger partial charge in [-0.2, -0.15) is 5.10 Å². The number of rotatable bonds is 6. The van der Waals surface area contributed by atoms with Gasteiger partial charge in [-0.05, 0) is 58.7 Å². The van der Waals surface area contributed by atoms with E-state index in [0.717, 1.165) is 20.7 Å². The number of ether oxygens (including phenoxy) is 1. The molecule has 0 aliphatic rings. The summed E-state index contributed by atoms with van der Waals surface area (Å²) in [6, 6.07) is 20.6. The van der Waals surface area contributed by atoms with Gasteiger partial charge in [0.1, 0.15) is 21.0 Å². The van der Waals surface area contributed by atoms with Gasteiger partial charge < -0.3 is 4.74 Å². The molecular formula is C31H32N4O4S. The largest absolute Gasteiger partial charge is 0.458 e. The second-order valence-electron chi connectivity index (χ2n) is 11.2. The van der Waals surface area contributed by atoms with Crippen molar-refractivity contribution in [3.63, 3.8) is 0 Å². The lowest BCUT2D eigenvalue weighted by Crippen LogP contribution is -2.54. The number of esters is 1. The molecule has 0 spiro atoms. The van der Waals surface area contributed by atoms with Gasteiger partial charge in [0, 0.05) is 18.0 Å². The van der Waals surface area contributed by atoms with Crippen molar-refractivity contribution in [3.05, 3.63) is 117 Å². The number of aromatic nitrogens is 4. The SMILES string of the molecule is Cc1c(-n2cccn2)sc2c1c(=O)n(C(C)(C)C(=O)OC(C)(C)C)c(=O)n2C(c1ccccc1)c1ccccc1. The summed E-state index contributed by atoms with van der Waals surface area (Å²) in [5.41, 5.74) is -1.12. The van der Waals surface area contributed by atoms with Crippen LogP contribution in [0.5, 0.6) is 0 Å². The number of fused-ring (bicyclic) bond motifs is 1. The summed E-state index contributed by atoms with van der Waals surface area (Å²) in [5.74, 6) is -0.666. The molecule has 0 unspecified atom stereocenters. The highest BCUT2D eigenvalue weighted by atomic mass is 32.1. The summed E-state index contributed by atoms with van der Waals surface area (Å²) < 4.78 is 10.1. The van der Waals surface area contributed by atoms with E-state index in [-0.39, 0.29) is 0 Å². The highest BCUT2D eigenvalue weighted by Gasteiger charge is 2.39. The van der Waals surface area contributed by atoms with Gasteiger partial charge in [-0.1, -0.05) is 72.0 Å². The first kappa shape index (κ1) is 27.3. The quantitative estimate of drug-likeness (QED) is 0.260. The fraction of sp³-hybridized carbons (Fsp3) is 0.290. The Kier molecular flexibility index (Phi) is 6.87. The average molecular weight is 557 g/mol. The van der Waals surface area contributed by atoms with Crippen LogP contribution in [0.4, 0.5) is 0 Å². The average Bonchev–Trinajstić information content (AvgIpc) is 3.54. The molecule has 5 aromatic rings. The van der Waals surface area contributed by atoms with Gasteiger partial charge in [-0.25, -0.2) is 18.8 Å². The number of hydrogen-bond acceptors (Lipinski definition) is 6. The Balaban J connectivity index is 1.93. The third-order valence-corrected chi connectivity index (χ3v) is 8.08. The van der Waals surface area contributed by atoms with Crippen molar-refractivity contribution in [2.45, 2.75) is 58.7 Å². The third-order valence-electron chi connectivity index (χ3n) is 6.79. The van der Waals surface area contributed by atoms with E-state index in [0.29, 0.717) is 15.8 Å². The zero-order valence-electron chi connectivity index (χ0n) is 23.4. The Morgan fingerprint density at radius 1 is 0.900 bits per heavy atom. The van der Waals surface area contributed by atoms with Crippen molar-refractivity contribution in [3.8, 4) is 5.00 Å². The van der Waals surface area contributed by atoms with Gasteiger partial charge in [0.15, 0.2) is 0 Å². The van der Waals surface area contributed by atoms with E-state index in [2.05, 4.69) is 5.10 Å². The second-order valence-corrected chi connectivity index (χ2v) is 12.2. The molecule has 206 valence electrons. The summed E-state index contributed by atoms with van der Waals surface area (Å²) >= 11 is 1.33. The maximum Gasteiger partial charge on any atom is 0.333 e. The molecule has 0 atom stereocenters. The maximum absolute atomic E-state index is 14.6. The lowest BCUT2D eigenvalue weighted by atomic mass is 9.98. The predicted octanol–water partition coefficient (Wildman–Crippen LogP) is 5.43. The molecule has 5 rings (SSSR count). The first-order chi connectivity index (χ1) is 18.9. The molecule has 0 saturated heterocycles. The van der Waals surface area contributed by atoms with Gasteiger partial charge in [0.25, 0.3) is 5.56 Å². The van der Waals surface area contributed by atoms with Crippen molar-refractivity contribution < 1.29 is 9.53 Å². The third kappa shape index (κ3) is 4.70. The molecule has 0 bridgehead atoms. The van der Waals surface area contributed by atoms with Crippen LogP contribution in [0.2, 0.25) is 0 Å². The molecule has 0 amide bonds. The van der Waals surface area contributed by atoms with Crippen molar-refractivity contribution in [2.75, 3.05) is 0 Å². The number of nitrogens with zero attached hydrogens (tertiary/aromatic N) is 4. The van der Waals surface area contributed by atoms with E-state index in [1.165, 1.54) is 11.3 Å². The Labute approximate surface area is 236 Å². The molecule has 9 heteroatoms. The van der Waals surface area contributed by atoms with Crippen molar-refractivity contribution in [1.82, 2.24) is 18.9 Å². The molecule has 0 aliphatic heterocycles. The van der Waals surface area contributed by atoms with E-state index < -0.39 is 34.4 Å². The van der Waals surface area contributed by atoms with Crippen LogP contribution in [0, 0.1) is 6.92 Å². The Bertz CT molecular complexity index is 1750. The zero-order valence-corrected chi connectivity index (χ0v) is 24.2. The monoisotopic (exact) mass is 556 g/mol. The lowest BCUT2D eigenvalue weighted by Gasteiger charge is -2.31. The highest BCUT2D eigenvalue weighted by Crippen LogP contribution is 2.36. The van der Waals surface area contributed by atoms with Crippen LogP contribution in [0.3, 0.4) is 0 Å². The highest BCUT2D eigenvalue weighted by molar-refractivity contribution is 7.21. The maximum atomic E-state index is 14.6. The predicted molar refractivity (Wildman–Crippen MR) is 157 cm³/mol. The number of aryl methyl sites for hydroxylation is 1. The fourth-order valence-corrected chi connectivity index (χ4v) is 6.15. The molecule has 0 saturated carbocycles. The first-order valence-electron chi connectivity index (χ1n) is 13.1. The fourth-order valence-electron chi connectivity index (χ4n) is 4.88. The van der Waals surface area contributed by atoms with Gasteiger partial charge in [-0.3, -0.25) is 9.36 Å². The minimum Gasteiger partial charge on any atom is -0.458 e. The molecular weight excluding hydrogens is 524 g/mol. The van der Waals surface area contributed by atoms with Crippen LogP contribution >= 0.6 is 11.3 Å². The summed E-state index contributed by atoms with van der Waals surface area (Å²) in [5, 5.41) is 5.47. The molecule has 40 heavy (non-hydrogen) atoms. The zero-order chi connectivity index (χ0) is 28.8. The van der Waals surface area contributed by atoms with Gasteiger partial charge >= 0.3 is 11.7 Å². The van der Waals surface area contributed by atoms with Crippen LogP contribution in [-0.2, 0) is 15.1 Å². The van der Waals surface area contributed by atoms with Gasteiger partial charge in [0.05, 0.1) is 11.4 Å². The van der Waals surface area contributed by atoms with Crippen LogP contribution in [-0.4, -0.2) is 30.5 Å². The lowest BCUT2D eigenvalue weighted by molar-refractivity contribution is -0.164. The molecule has 0 aliphatic carbocycles. The Morgan fingerprint density at radius 3 is 1.98 bits per heavy atom. The molecule has 0 fully saturated rings. The molecule has 0 N–H and O–H groups in total. The number of carbonyl (C=O) groups excluding carboxylic acids is 1. The number of carbonyl (C=O) groups is 1. The molecule has 3 heterocycles. The van der Waals surface area contributed by atoms with Crippen LogP contribution in [0.1, 0.15) is 57.4 Å². The standard InChI is InChI=1S/C31H32N4O4S/c1-20-23-25(36)35(31(5,6)28(37)39-30(2,3)4)29(38)34(27(23)40-26(20)33-19-13-18-32-33)24(21-14-9-7-10-15-21)22-16-11-8-12-17-22/h7-19,24H,1-6H3. The smallest absolute Gasteiger partial charge is 0.333 e. The summed E-state index contributed by atoms with van der Waals surface area (Å²) in [7, 11) is 0. The first-order valence-corrected chi connectivity index (χ1v) is 13.9. The van der Waals surface area contributed by atoms with E-state index in [4.69, 9.17) is 4.74 Å². The molecule has 3 aromatic heterocycles. The van der Waals surface area contributed by atoms with Crippen LogP contribution in [0.15, 0.2) is 88.7 Å². The van der Waals surface area contributed by atoms with Gasteiger partial charge in [0.2, 0.25) is 0 Å². The summed E-state index contributed by atoms with van der Waals surface area (Å²) in [6.45, 7) is 10.2. The normalized spacial score (nSPS) is 12.3. The van der Waals surface area contributed by atoms with Crippen molar-refractivity contribution in [1.29, 1.82) is 0 Å². The topological polar surface area (TPSA) is 88.1 Å². The summed E-state index contributed by atoms with van der Waals surface area (Å²) in [6.07, 6.45) is 3.47. The second kappa shape index (κ2) is 10.1. The minimum absolute atomic E-state index is 0.364. The van der Waals surface area contributed by atoms with E-state index >= 15 is 0 Å². The number of thiophene rings is 1. The molecule has 0 radical (unpaired) electrons. The van der Waals surface area contributed by atoms with Crippen LogP contribution < -0.4 is 11.2 Å². The number of benzene rings is 2. The van der Waals surface area contributed by atoms with Crippen molar-refractivity contribution in [2.24, 2.45) is 0 Å². The minimum atomic E-state index is -1.59. The summed E-state index contributed by atoms with van der Waals surface area (Å²) in [4.78, 5) is 42.8. The molecule has 8 nitrogen and oxygen atoms in total. The Hall–Kier alpha value is -4.24.